The van der Waals surface area contributed by atoms with E-state index in [1.165, 1.54) is 0 Å². The van der Waals surface area contributed by atoms with Gasteiger partial charge in [0.1, 0.15) is 0 Å². The van der Waals surface area contributed by atoms with Crippen molar-refractivity contribution in [1.29, 1.82) is 0 Å². The zero-order valence-corrected chi connectivity index (χ0v) is 14.0. The van der Waals surface area contributed by atoms with Gasteiger partial charge in [-0.15, -0.1) is 0 Å². The highest BCUT2D eigenvalue weighted by atomic mass is 16.5. The molecule has 1 aromatic rings. The molecule has 0 spiro atoms. The first-order valence-electron chi connectivity index (χ1n) is 7.71. The summed E-state index contributed by atoms with van der Waals surface area (Å²) in [4.78, 5) is 11.8. The smallest absolute Gasteiger partial charge is 0.220 e. The molecule has 1 aromatic carbocycles. The molecule has 0 radical (unpaired) electrons. The summed E-state index contributed by atoms with van der Waals surface area (Å²) < 4.78 is 15.9. The Kier molecular flexibility index (Phi) is 8.18. The van der Waals surface area contributed by atoms with Gasteiger partial charge in [-0.05, 0) is 30.5 Å². The van der Waals surface area contributed by atoms with Crippen LogP contribution in [-0.2, 0) is 11.2 Å². The van der Waals surface area contributed by atoms with Gasteiger partial charge in [-0.1, -0.05) is 19.8 Å². The third-order valence-corrected chi connectivity index (χ3v) is 3.47. The second-order valence-electron chi connectivity index (χ2n) is 5.09. The Balaban J connectivity index is 2.60. The maximum atomic E-state index is 11.8. The quantitative estimate of drug-likeness (QED) is 0.675. The lowest BCUT2D eigenvalue weighted by Gasteiger charge is -2.14. The van der Waals surface area contributed by atoms with Crippen molar-refractivity contribution < 1.29 is 19.0 Å². The molecule has 0 saturated heterocycles. The van der Waals surface area contributed by atoms with E-state index < -0.39 is 0 Å². The molecule has 5 heteroatoms. The maximum absolute atomic E-state index is 11.8. The standard InChI is InChI=1S/C17H27NO4/c1-5-6-7-10-18-16(19)9-8-13-11-14(20-2)17(22-4)15(12-13)21-3/h11-12H,5-10H2,1-4H3,(H,18,19). The highest BCUT2D eigenvalue weighted by Gasteiger charge is 2.13. The number of carbonyl (C=O) groups excluding carboxylic acids is 1. The molecule has 0 aromatic heterocycles. The summed E-state index contributed by atoms with van der Waals surface area (Å²) in [7, 11) is 4.74. The van der Waals surface area contributed by atoms with E-state index in [1.54, 1.807) is 21.3 Å². The summed E-state index contributed by atoms with van der Waals surface area (Å²) in [5, 5.41) is 2.94. The minimum atomic E-state index is 0.0739. The summed E-state index contributed by atoms with van der Waals surface area (Å²) >= 11 is 0. The third-order valence-electron chi connectivity index (χ3n) is 3.47. The largest absolute Gasteiger partial charge is 0.493 e. The monoisotopic (exact) mass is 309 g/mol. The van der Waals surface area contributed by atoms with Crippen molar-refractivity contribution in [1.82, 2.24) is 5.32 Å². The van der Waals surface area contributed by atoms with Crippen LogP contribution in [0.5, 0.6) is 17.2 Å². The summed E-state index contributed by atoms with van der Waals surface area (Å²) in [6, 6.07) is 3.76. The van der Waals surface area contributed by atoms with E-state index in [0.29, 0.717) is 30.1 Å². The molecular formula is C17H27NO4. The van der Waals surface area contributed by atoms with E-state index in [-0.39, 0.29) is 5.91 Å². The molecule has 5 nitrogen and oxygen atoms in total. The lowest BCUT2D eigenvalue weighted by Crippen LogP contribution is -2.24. The molecule has 0 saturated carbocycles. The molecule has 0 heterocycles. The number of methoxy groups -OCH3 is 3. The van der Waals surface area contributed by atoms with Crippen LogP contribution in [0.4, 0.5) is 0 Å². The Morgan fingerprint density at radius 1 is 1.05 bits per heavy atom. The number of hydrogen-bond donors (Lipinski definition) is 1. The average molecular weight is 309 g/mol. The van der Waals surface area contributed by atoms with Crippen LogP contribution in [0.1, 0.15) is 38.2 Å². The number of ether oxygens (including phenoxy) is 3. The zero-order chi connectivity index (χ0) is 16.4. The second kappa shape index (κ2) is 9.92. The number of nitrogens with one attached hydrogen (secondary N) is 1. The number of unbranched alkanes of at least 4 members (excludes halogenated alkanes) is 2. The predicted octanol–water partition coefficient (Wildman–Crippen LogP) is 2.95. The second-order valence-corrected chi connectivity index (χ2v) is 5.09. The molecule has 1 N–H and O–H groups in total. The van der Waals surface area contributed by atoms with Crippen LogP contribution in [0.3, 0.4) is 0 Å². The van der Waals surface area contributed by atoms with Crippen LogP contribution in [-0.4, -0.2) is 33.8 Å². The van der Waals surface area contributed by atoms with Crippen LogP contribution in [0.25, 0.3) is 0 Å². The van der Waals surface area contributed by atoms with Gasteiger partial charge in [-0.3, -0.25) is 4.79 Å². The van der Waals surface area contributed by atoms with E-state index in [4.69, 9.17) is 14.2 Å². The molecule has 0 aliphatic heterocycles. The van der Waals surface area contributed by atoms with Gasteiger partial charge in [-0.25, -0.2) is 0 Å². The number of carbonyl (C=O) groups is 1. The van der Waals surface area contributed by atoms with Crippen molar-refractivity contribution in [3.63, 3.8) is 0 Å². The van der Waals surface area contributed by atoms with Crippen LogP contribution >= 0.6 is 0 Å². The highest BCUT2D eigenvalue weighted by Crippen LogP contribution is 2.38. The Morgan fingerprint density at radius 3 is 2.18 bits per heavy atom. The molecule has 124 valence electrons. The molecule has 0 atom stereocenters. The minimum Gasteiger partial charge on any atom is -0.493 e. The number of hydrogen-bond acceptors (Lipinski definition) is 4. The molecule has 0 bridgehead atoms. The molecule has 0 aliphatic carbocycles. The fraction of sp³-hybridized carbons (Fsp3) is 0.588. The van der Waals surface area contributed by atoms with Gasteiger partial charge in [0.15, 0.2) is 11.5 Å². The normalized spacial score (nSPS) is 10.2. The fourth-order valence-corrected chi connectivity index (χ4v) is 2.23. The van der Waals surface area contributed by atoms with E-state index in [9.17, 15) is 4.79 Å². The van der Waals surface area contributed by atoms with Gasteiger partial charge in [0.25, 0.3) is 0 Å². The van der Waals surface area contributed by atoms with Crippen LogP contribution in [0.15, 0.2) is 12.1 Å². The molecule has 0 unspecified atom stereocenters. The van der Waals surface area contributed by atoms with Crippen LogP contribution in [0, 0.1) is 0 Å². The van der Waals surface area contributed by atoms with Gasteiger partial charge in [0, 0.05) is 13.0 Å². The van der Waals surface area contributed by atoms with E-state index in [0.717, 1.165) is 31.4 Å². The first-order chi connectivity index (χ1) is 10.7. The fourth-order valence-electron chi connectivity index (χ4n) is 2.23. The molecule has 0 aliphatic rings. The first kappa shape index (κ1) is 18.1. The molecule has 1 amide bonds. The van der Waals surface area contributed by atoms with Crippen molar-refractivity contribution in [2.45, 2.75) is 39.0 Å². The Morgan fingerprint density at radius 2 is 1.68 bits per heavy atom. The van der Waals surface area contributed by atoms with E-state index in [1.807, 2.05) is 12.1 Å². The predicted molar refractivity (Wildman–Crippen MR) is 87.0 cm³/mol. The molecular weight excluding hydrogens is 282 g/mol. The van der Waals surface area contributed by atoms with Crippen molar-refractivity contribution in [2.75, 3.05) is 27.9 Å². The van der Waals surface area contributed by atoms with Gasteiger partial charge < -0.3 is 19.5 Å². The van der Waals surface area contributed by atoms with E-state index >= 15 is 0 Å². The lowest BCUT2D eigenvalue weighted by molar-refractivity contribution is -0.121. The summed E-state index contributed by atoms with van der Waals surface area (Å²) in [5.74, 6) is 1.86. The maximum Gasteiger partial charge on any atom is 0.220 e. The van der Waals surface area contributed by atoms with Gasteiger partial charge in [0.2, 0.25) is 11.7 Å². The van der Waals surface area contributed by atoms with Crippen LogP contribution in [0.2, 0.25) is 0 Å². The number of amides is 1. The number of benzene rings is 1. The Labute approximate surface area is 132 Å². The minimum absolute atomic E-state index is 0.0739. The Hall–Kier alpha value is -1.91. The van der Waals surface area contributed by atoms with Crippen LogP contribution < -0.4 is 19.5 Å². The van der Waals surface area contributed by atoms with Crippen molar-refractivity contribution in [2.24, 2.45) is 0 Å². The number of rotatable bonds is 10. The number of aryl methyl sites for hydroxylation is 1. The molecule has 22 heavy (non-hydrogen) atoms. The van der Waals surface area contributed by atoms with Crippen molar-refractivity contribution >= 4 is 5.91 Å². The summed E-state index contributed by atoms with van der Waals surface area (Å²) in [5.41, 5.74) is 0.984. The highest BCUT2D eigenvalue weighted by molar-refractivity contribution is 5.76. The lowest BCUT2D eigenvalue weighted by atomic mass is 10.1. The molecule has 0 fully saturated rings. The van der Waals surface area contributed by atoms with Crippen molar-refractivity contribution in [3.8, 4) is 17.2 Å². The summed E-state index contributed by atoms with van der Waals surface area (Å²) in [6.07, 6.45) is 4.42. The topological polar surface area (TPSA) is 56.8 Å². The zero-order valence-electron chi connectivity index (χ0n) is 14.0. The van der Waals surface area contributed by atoms with Gasteiger partial charge in [0.05, 0.1) is 21.3 Å². The summed E-state index contributed by atoms with van der Waals surface area (Å²) in [6.45, 7) is 2.90. The average Bonchev–Trinajstić information content (AvgIpc) is 2.55. The SMILES string of the molecule is CCCCCNC(=O)CCc1cc(OC)c(OC)c(OC)c1. The van der Waals surface area contributed by atoms with Gasteiger partial charge in [-0.2, -0.15) is 0 Å². The van der Waals surface area contributed by atoms with Crippen molar-refractivity contribution in [3.05, 3.63) is 17.7 Å². The first-order valence-corrected chi connectivity index (χ1v) is 7.71. The molecule has 1 rings (SSSR count). The third kappa shape index (κ3) is 5.47. The Bertz CT molecular complexity index is 449. The van der Waals surface area contributed by atoms with E-state index in [2.05, 4.69) is 12.2 Å². The van der Waals surface area contributed by atoms with Gasteiger partial charge >= 0.3 is 0 Å².